The molecule has 1 aliphatic heterocycles. The maximum atomic E-state index is 10.4. The highest BCUT2D eigenvalue weighted by atomic mass is 16.6. The van der Waals surface area contributed by atoms with Crippen LogP contribution in [0.4, 0.5) is 0 Å². The number of ether oxygens (including phenoxy) is 1. The van der Waals surface area contributed by atoms with Gasteiger partial charge in [0.2, 0.25) is 0 Å². The van der Waals surface area contributed by atoms with Crippen LogP contribution in [0, 0.1) is 0 Å². The first-order valence-electron chi connectivity index (χ1n) is 5.64. The van der Waals surface area contributed by atoms with E-state index in [1.807, 2.05) is 0 Å². The molecular formula is C10H19NO7. The number of nitrogens with two attached hydrogens (primary N) is 1. The Hall–Kier alpha value is -0.770. The molecule has 0 amide bonds. The van der Waals surface area contributed by atoms with Gasteiger partial charge < -0.3 is 36.0 Å². The Kier molecular flexibility index (Phi) is 5.02. The molecule has 5 atom stereocenters. The van der Waals surface area contributed by atoms with Gasteiger partial charge in [-0.25, -0.2) is 0 Å². The van der Waals surface area contributed by atoms with E-state index in [1.54, 1.807) is 0 Å². The van der Waals surface area contributed by atoms with Gasteiger partial charge in [-0.3, -0.25) is 4.79 Å². The molecule has 1 rings (SSSR count). The Morgan fingerprint density at radius 3 is 2.61 bits per heavy atom. The minimum Gasteiger partial charge on any atom is -0.481 e. The lowest BCUT2D eigenvalue weighted by atomic mass is 9.91. The average Bonchev–Trinajstić information content (AvgIpc) is 2.29. The molecule has 1 heterocycles. The van der Waals surface area contributed by atoms with E-state index in [4.69, 9.17) is 15.6 Å². The summed E-state index contributed by atoms with van der Waals surface area (Å²) in [5.74, 6) is -3.09. The predicted octanol–water partition coefficient (Wildman–Crippen LogP) is -2.63. The van der Waals surface area contributed by atoms with Gasteiger partial charge in [-0.1, -0.05) is 0 Å². The molecule has 1 unspecified atom stereocenters. The highest BCUT2D eigenvalue weighted by molar-refractivity contribution is 5.66. The fourth-order valence-electron chi connectivity index (χ4n) is 1.86. The summed E-state index contributed by atoms with van der Waals surface area (Å²) < 4.78 is 4.91. The van der Waals surface area contributed by atoms with E-state index in [9.17, 15) is 25.2 Å². The quantitative estimate of drug-likeness (QED) is 0.315. The highest BCUT2D eigenvalue weighted by Gasteiger charge is 2.48. The molecule has 8 heteroatoms. The first-order chi connectivity index (χ1) is 8.26. The first kappa shape index (κ1) is 15.3. The van der Waals surface area contributed by atoms with E-state index in [1.165, 1.54) is 0 Å². The second-order valence-corrected chi connectivity index (χ2v) is 4.56. The van der Waals surface area contributed by atoms with Crippen molar-refractivity contribution in [3.63, 3.8) is 0 Å². The van der Waals surface area contributed by atoms with Crippen LogP contribution >= 0.6 is 0 Å². The van der Waals surface area contributed by atoms with Crippen LogP contribution in [0.1, 0.15) is 19.3 Å². The van der Waals surface area contributed by atoms with E-state index in [-0.39, 0.29) is 25.9 Å². The molecule has 7 N–H and O–H groups in total. The third kappa shape index (κ3) is 3.61. The Morgan fingerprint density at radius 1 is 1.44 bits per heavy atom. The van der Waals surface area contributed by atoms with Crippen LogP contribution in [0.25, 0.3) is 0 Å². The highest BCUT2D eigenvalue weighted by Crippen LogP contribution is 2.28. The summed E-state index contributed by atoms with van der Waals surface area (Å²) in [6.07, 6.45) is -4.81. The van der Waals surface area contributed by atoms with Gasteiger partial charge in [0.1, 0.15) is 18.3 Å². The molecule has 106 valence electrons. The fourth-order valence-corrected chi connectivity index (χ4v) is 1.86. The van der Waals surface area contributed by atoms with Gasteiger partial charge in [0.05, 0.1) is 6.61 Å². The van der Waals surface area contributed by atoms with Crippen LogP contribution in [-0.4, -0.2) is 68.2 Å². The Morgan fingerprint density at radius 2 is 2.06 bits per heavy atom. The molecule has 0 spiro atoms. The van der Waals surface area contributed by atoms with Crippen LogP contribution in [0.5, 0.6) is 0 Å². The smallest absolute Gasteiger partial charge is 0.303 e. The van der Waals surface area contributed by atoms with Crippen molar-refractivity contribution in [3.05, 3.63) is 0 Å². The predicted molar refractivity (Wildman–Crippen MR) is 58.4 cm³/mol. The SMILES string of the molecule is NC(CCC(=O)O)C[C@@]1(O)OC[C@@H](O)[C@H](O)[C@H]1O. The molecular weight excluding hydrogens is 246 g/mol. The van der Waals surface area contributed by atoms with Gasteiger partial charge in [0, 0.05) is 18.9 Å². The minimum absolute atomic E-state index is 0.104. The van der Waals surface area contributed by atoms with Crippen molar-refractivity contribution in [2.24, 2.45) is 5.73 Å². The second kappa shape index (κ2) is 5.91. The molecule has 0 aliphatic carbocycles. The first-order valence-corrected chi connectivity index (χ1v) is 5.64. The minimum atomic E-state index is -2.07. The van der Waals surface area contributed by atoms with E-state index in [0.29, 0.717) is 0 Å². The van der Waals surface area contributed by atoms with Gasteiger partial charge >= 0.3 is 5.97 Å². The third-order valence-corrected chi connectivity index (χ3v) is 2.97. The topological polar surface area (TPSA) is 153 Å². The lowest BCUT2D eigenvalue weighted by Gasteiger charge is -2.42. The van der Waals surface area contributed by atoms with Crippen LogP contribution in [0.15, 0.2) is 0 Å². The zero-order chi connectivity index (χ0) is 13.9. The Bertz CT molecular complexity index is 300. The lowest BCUT2D eigenvalue weighted by Crippen LogP contribution is -2.62. The maximum Gasteiger partial charge on any atom is 0.303 e. The van der Waals surface area contributed by atoms with Crippen molar-refractivity contribution in [3.8, 4) is 0 Å². The Labute approximate surface area is 104 Å². The summed E-state index contributed by atoms with van der Waals surface area (Å²) in [6.45, 7) is -0.333. The fraction of sp³-hybridized carbons (Fsp3) is 0.900. The average molecular weight is 265 g/mol. The Balaban J connectivity index is 2.55. The summed E-state index contributed by atoms with van der Waals surface area (Å²) in [7, 11) is 0. The molecule has 0 saturated carbocycles. The van der Waals surface area contributed by atoms with Crippen LogP contribution in [0.3, 0.4) is 0 Å². The largest absolute Gasteiger partial charge is 0.481 e. The lowest BCUT2D eigenvalue weighted by molar-refractivity contribution is -0.324. The number of aliphatic carboxylic acids is 1. The van der Waals surface area contributed by atoms with Crippen molar-refractivity contribution in [2.45, 2.75) is 49.4 Å². The number of carboxylic acids is 1. The van der Waals surface area contributed by atoms with Gasteiger partial charge in [0.25, 0.3) is 0 Å². The molecule has 8 nitrogen and oxygen atoms in total. The summed E-state index contributed by atoms with van der Waals surface area (Å²) >= 11 is 0. The summed E-state index contributed by atoms with van der Waals surface area (Å²) in [5, 5.41) is 46.8. The summed E-state index contributed by atoms with van der Waals surface area (Å²) in [4.78, 5) is 10.4. The molecule has 1 aliphatic rings. The number of hydrogen-bond acceptors (Lipinski definition) is 7. The van der Waals surface area contributed by atoms with Gasteiger partial charge in [0.15, 0.2) is 5.79 Å². The molecule has 0 aromatic carbocycles. The molecule has 0 bridgehead atoms. The van der Waals surface area contributed by atoms with Crippen molar-refractivity contribution in [1.82, 2.24) is 0 Å². The zero-order valence-electron chi connectivity index (χ0n) is 9.77. The van der Waals surface area contributed by atoms with Crippen molar-refractivity contribution >= 4 is 5.97 Å². The van der Waals surface area contributed by atoms with Crippen LogP contribution in [-0.2, 0) is 9.53 Å². The normalized spacial score (nSPS) is 38.4. The number of carboxylic acid groups (broad SMARTS) is 1. The summed E-state index contributed by atoms with van der Waals surface area (Å²) in [5.41, 5.74) is 5.62. The standard InChI is InChI=1S/C10H19NO7/c11-5(1-2-7(13)14)3-10(17)9(16)8(15)6(12)4-18-10/h5-6,8-9,12,15-17H,1-4,11H2,(H,13,14)/t5?,6-,8+,9-,10-/m1/s1. The maximum absolute atomic E-state index is 10.4. The second-order valence-electron chi connectivity index (χ2n) is 4.56. The molecule has 18 heavy (non-hydrogen) atoms. The van der Waals surface area contributed by atoms with Crippen molar-refractivity contribution in [1.29, 1.82) is 0 Å². The molecule has 0 aromatic heterocycles. The molecule has 1 saturated heterocycles. The monoisotopic (exact) mass is 265 g/mol. The van der Waals surface area contributed by atoms with E-state index in [0.717, 1.165) is 0 Å². The third-order valence-electron chi connectivity index (χ3n) is 2.97. The summed E-state index contributed by atoms with van der Waals surface area (Å²) in [6, 6.07) is -0.705. The molecule has 1 fully saturated rings. The van der Waals surface area contributed by atoms with Gasteiger partial charge in [-0.05, 0) is 6.42 Å². The number of aliphatic hydroxyl groups excluding tert-OH is 3. The van der Waals surface area contributed by atoms with E-state index < -0.39 is 36.1 Å². The zero-order valence-corrected chi connectivity index (χ0v) is 9.77. The van der Waals surface area contributed by atoms with E-state index in [2.05, 4.69) is 0 Å². The van der Waals surface area contributed by atoms with Crippen LogP contribution in [0.2, 0.25) is 0 Å². The molecule has 0 radical (unpaired) electrons. The van der Waals surface area contributed by atoms with Gasteiger partial charge in [-0.2, -0.15) is 0 Å². The number of rotatable bonds is 5. The van der Waals surface area contributed by atoms with Crippen LogP contribution < -0.4 is 5.73 Å². The van der Waals surface area contributed by atoms with E-state index >= 15 is 0 Å². The molecule has 0 aromatic rings. The van der Waals surface area contributed by atoms with Crippen molar-refractivity contribution in [2.75, 3.05) is 6.61 Å². The number of hydrogen-bond donors (Lipinski definition) is 6. The number of carbonyl (C=O) groups is 1. The van der Waals surface area contributed by atoms with Gasteiger partial charge in [-0.15, -0.1) is 0 Å². The van der Waals surface area contributed by atoms with Crippen molar-refractivity contribution < 1.29 is 35.1 Å². The number of aliphatic hydroxyl groups is 4.